The van der Waals surface area contributed by atoms with Gasteiger partial charge < -0.3 is 4.74 Å². The molecule has 0 heterocycles. The highest BCUT2D eigenvalue weighted by Gasteiger charge is 2.18. The molecular weight excluding hydrogens is 286 g/mol. The molecule has 0 bridgehead atoms. The Morgan fingerprint density at radius 3 is 2.53 bits per heavy atom. The topological polar surface area (TPSA) is 55.4 Å². The van der Waals surface area contributed by atoms with Crippen LogP contribution in [0.3, 0.4) is 0 Å². The Hall–Kier alpha value is -0.780. The van der Waals surface area contributed by atoms with Crippen LogP contribution in [0.1, 0.15) is 25.8 Å². The van der Waals surface area contributed by atoms with Crippen molar-refractivity contribution in [2.75, 3.05) is 13.7 Å². The van der Waals surface area contributed by atoms with Gasteiger partial charge in [0.25, 0.3) is 0 Å². The number of sulfonamides is 1. The van der Waals surface area contributed by atoms with Crippen molar-refractivity contribution in [2.24, 2.45) is 5.92 Å². The minimum Gasteiger partial charge on any atom is -0.495 e. The van der Waals surface area contributed by atoms with Gasteiger partial charge in [0.2, 0.25) is 10.0 Å². The molecule has 1 N–H and O–H groups in total. The van der Waals surface area contributed by atoms with E-state index >= 15 is 0 Å². The average Bonchev–Trinajstić information content (AvgIpc) is 2.30. The van der Waals surface area contributed by atoms with E-state index in [1.165, 1.54) is 13.2 Å². The van der Waals surface area contributed by atoms with Crippen LogP contribution in [0.4, 0.5) is 0 Å². The predicted molar refractivity (Wildman–Crippen MR) is 77.4 cm³/mol. The highest BCUT2D eigenvalue weighted by atomic mass is 35.5. The van der Waals surface area contributed by atoms with Gasteiger partial charge in [0, 0.05) is 6.54 Å². The first-order chi connectivity index (χ1) is 8.77. The molecule has 0 spiro atoms. The summed E-state index contributed by atoms with van der Waals surface area (Å²) in [5, 5.41) is 0.289. The van der Waals surface area contributed by atoms with Crippen LogP contribution in [0.25, 0.3) is 0 Å². The van der Waals surface area contributed by atoms with E-state index in [1.807, 2.05) is 13.8 Å². The molecule has 0 aromatic heterocycles. The molecule has 0 saturated heterocycles. The first-order valence-electron chi connectivity index (χ1n) is 6.11. The van der Waals surface area contributed by atoms with Crippen LogP contribution in [0.5, 0.6) is 5.75 Å². The Morgan fingerprint density at radius 1 is 1.37 bits per heavy atom. The van der Waals surface area contributed by atoms with Crippen LogP contribution in [0.15, 0.2) is 17.0 Å². The normalized spacial score (nSPS) is 11.9. The molecule has 1 aromatic carbocycles. The monoisotopic (exact) mass is 305 g/mol. The van der Waals surface area contributed by atoms with E-state index in [-0.39, 0.29) is 9.92 Å². The molecular formula is C13H20ClNO3S. The lowest BCUT2D eigenvalue weighted by atomic mass is 10.1. The number of halogens is 1. The molecule has 0 radical (unpaired) electrons. The highest BCUT2D eigenvalue weighted by molar-refractivity contribution is 7.89. The van der Waals surface area contributed by atoms with Crippen molar-refractivity contribution in [3.05, 3.63) is 22.7 Å². The van der Waals surface area contributed by atoms with Gasteiger partial charge in [0.05, 0.1) is 17.0 Å². The molecule has 0 fully saturated rings. The van der Waals surface area contributed by atoms with Crippen LogP contribution in [0, 0.1) is 12.8 Å². The maximum atomic E-state index is 12.2. The molecule has 0 unspecified atom stereocenters. The molecule has 4 nitrogen and oxygen atoms in total. The van der Waals surface area contributed by atoms with Crippen LogP contribution in [-0.4, -0.2) is 22.1 Å². The number of rotatable bonds is 6. The average molecular weight is 306 g/mol. The van der Waals surface area contributed by atoms with E-state index in [0.717, 1.165) is 6.42 Å². The van der Waals surface area contributed by atoms with Crippen molar-refractivity contribution in [1.82, 2.24) is 4.72 Å². The smallest absolute Gasteiger partial charge is 0.240 e. The van der Waals surface area contributed by atoms with Crippen molar-refractivity contribution in [3.63, 3.8) is 0 Å². The van der Waals surface area contributed by atoms with E-state index in [9.17, 15) is 8.42 Å². The Balaban J connectivity index is 2.98. The number of aryl methyl sites for hydroxylation is 1. The standard InChI is InChI=1S/C13H20ClNO3S/c1-9(2)5-6-15-19(16,17)13-8-11(14)12(18-4)7-10(13)3/h7-9,15H,5-6H2,1-4H3. The molecule has 0 saturated carbocycles. The first-order valence-corrected chi connectivity index (χ1v) is 7.98. The van der Waals surface area contributed by atoms with Crippen LogP contribution < -0.4 is 9.46 Å². The molecule has 0 aliphatic rings. The SMILES string of the molecule is COc1cc(C)c(S(=O)(=O)NCCC(C)C)cc1Cl. The molecule has 108 valence electrons. The number of hydrogen-bond acceptors (Lipinski definition) is 3. The Bertz CT molecular complexity index is 541. The van der Waals surface area contributed by atoms with Crippen molar-refractivity contribution < 1.29 is 13.2 Å². The van der Waals surface area contributed by atoms with Crippen molar-refractivity contribution in [2.45, 2.75) is 32.1 Å². The largest absolute Gasteiger partial charge is 0.495 e. The summed E-state index contributed by atoms with van der Waals surface area (Å²) in [6.45, 7) is 6.23. The Labute approximate surface area is 120 Å². The number of ether oxygens (including phenoxy) is 1. The van der Waals surface area contributed by atoms with Gasteiger partial charge >= 0.3 is 0 Å². The summed E-state index contributed by atoms with van der Waals surface area (Å²) in [4.78, 5) is 0.196. The highest BCUT2D eigenvalue weighted by Crippen LogP contribution is 2.29. The third-order valence-corrected chi connectivity index (χ3v) is 4.65. The number of nitrogens with one attached hydrogen (secondary N) is 1. The van der Waals surface area contributed by atoms with Gasteiger partial charge in [-0.05, 0) is 37.0 Å². The number of methoxy groups -OCH3 is 1. The second-order valence-corrected chi connectivity index (χ2v) is 6.98. The second-order valence-electron chi connectivity index (χ2n) is 4.83. The Kier molecular flexibility index (Phi) is 5.64. The summed E-state index contributed by atoms with van der Waals surface area (Å²) in [5.41, 5.74) is 0.610. The van der Waals surface area contributed by atoms with E-state index in [2.05, 4.69) is 4.72 Å². The molecule has 0 atom stereocenters. The summed E-state index contributed by atoms with van der Waals surface area (Å²) in [7, 11) is -2.03. The fourth-order valence-electron chi connectivity index (χ4n) is 1.64. The summed E-state index contributed by atoms with van der Waals surface area (Å²) >= 11 is 5.97. The number of hydrogen-bond donors (Lipinski definition) is 1. The maximum Gasteiger partial charge on any atom is 0.240 e. The molecule has 0 aliphatic heterocycles. The van der Waals surface area contributed by atoms with Gasteiger partial charge in [-0.25, -0.2) is 13.1 Å². The fraction of sp³-hybridized carbons (Fsp3) is 0.538. The lowest BCUT2D eigenvalue weighted by molar-refractivity contribution is 0.414. The van der Waals surface area contributed by atoms with E-state index in [0.29, 0.717) is 23.8 Å². The third-order valence-electron chi connectivity index (χ3n) is 2.75. The molecule has 1 rings (SSSR count). The van der Waals surface area contributed by atoms with Crippen molar-refractivity contribution >= 4 is 21.6 Å². The zero-order valence-electron chi connectivity index (χ0n) is 11.7. The van der Waals surface area contributed by atoms with Gasteiger partial charge in [-0.2, -0.15) is 0 Å². The first kappa shape index (κ1) is 16.3. The molecule has 6 heteroatoms. The quantitative estimate of drug-likeness (QED) is 0.879. The number of benzene rings is 1. The maximum absolute atomic E-state index is 12.2. The van der Waals surface area contributed by atoms with E-state index < -0.39 is 10.0 Å². The Morgan fingerprint density at radius 2 is 2.00 bits per heavy atom. The minimum atomic E-state index is -3.52. The van der Waals surface area contributed by atoms with Crippen molar-refractivity contribution in [3.8, 4) is 5.75 Å². The third kappa shape index (κ3) is 4.37. The van der Waals surface area contributed by atoms with Gasteiger partial charge in [0.15, 0.2) is 0 Å². The second kappa shape index (κ2) is 6.59. The zero-order chi connectivity index (χ0) is 14.6. The molecule has 19 heavy (non-hydrogen) atoms. The summed E-state index contributed by atoms with van der Waals surface area (Å²) in [6.07, 6.45) is 0.794. The van der Waals surface area contributed by atoms with Gasteiger partial charge in [-0.15, -0.1) is 0 Å². The van der Waals surface area contributed by atoms with Gasteiger partial charge in [-0.3, -0.25) is 0 Å². The van der Waals surface area contributed by atoms with Gasteiger partial charge in [-0.1, -0.05) is 25.4 Å². The van der Waals surface area contributed by atoms with Gasteiger partial charge in [0.1, 0.15) is 5.75 Å². The lowest BCUT2D eigenvalue weighted by Gasteiger charge is -2.12. The van der Waals surface area contributed by atoms with Crippen LogP contribution >= 0.6 is 11.6 Å². The predicted octanol–water partition coefficient (Wildman–Crippen LogP) is 2.98. The van der Waals surface area contributed by atoms with E-state index in [1.54, 1.807) is 13.0 Å². The lowest BCUT2D eigenvalue weighted by Crippen LogP contribution is -2.26. The van der Waals surface area contributed by atoms with Crippen molar-refractivity contribution in [1.29, 1.82) is 0 Å². The van der Waals surface area contributed by atoms with Crippen LogP contribution in [0.2, 0.25) is 5.02 Å². The zero-order valence-corrected chi connectivity index (χ0v) is 13.2. The summed E-state index contributed by atoms with van der Waals surface area (Å²) in [6, 6.07) is 3.05. The van der Waals surface area contributed by atoms with Crippen LogP contribution in [-0.2, 0) is 10.0 Å². The summed E-state index contributed by atoms with van der Waals surface area (Å²) in [5.74, 6) is 0.920. The summed E-state index contributed by atoms with van der Waals surface area (Å²) < 4.78 is 32.0. The fourth-order valence-corrected chi connectivity index (χ4v) is 3.25. The molecule has 1 aromatic rings. The molecule has 0 amide bonds. The molecule has 0 aliphatic carbocycles. The van der Waals surface area contributed by atoms with E-state index in [4.69, 9.17) is 16.3 Å². The minimum absolute atomic E-state index is 0.196.